The monoisotopic (exact) mass is 529 g/mol. The molecule has 0 aromatic heterocycles. The molecule has 0 heterocycles. The second kappa shape index (κ2) is 9.32. The van der Waals surface area contributed by atoms with Crippen LogP contribution < -0.4 is 16.0 Å². The van der Waals surface area contributed by atoms with Crippen molar-refractivity contribution in [1.29, 1.82) is 0 Å². The first-order valence-corrected chi connectivity index (χ1v) is 10.0. The van der Waals surface area contributed by atoms with Crippen LogP contribution >= 0.6 is 34.8 Å². The second-order valence-electron chi connectivity index (χ2n) is 6.85. The standard InChI is InChI=1S/C19H11Cl3F5N3O3/c20-12-7(3-6(4-10(12)24)28-17(32)8-5-19(8,21)22)16(31)29-11-2-1-9(23)14(13(11)25)30-18(33)15(26)27/h1-4,8,15H,5H2,(H,28,32)(H,29,31)(H,30,33)/t8-/m1/s1. The van der Waals surface area contributed by atoms with Gasteiger partial charge in [-0.05, 0) is 30.7 Å². The quantitative estimate of drug-likeness (QED) is 0.348. The van der Waals surface area contributed by atoms with Crippen LogP contribution in [0, 0.1) is 23.4 Å². The van der Waals surface area contributed by atoms with Gasteiger partial charge in [0.05, 0.1) is 22.2 Å². The maximum atomic E-state index is 14.5. The molecule has 3 amide bonds. The average molecular weight is 531 g/mol. The van der Waals surface area contributed by atoms with Gasteiger partial charge in [0.15, 0.2) is 5.82 Å². The molecule has 0 radical (unpaired) electrons. The molecule has 0 spiro atoms. The Morgan fingerprint density at radius 2 is 1.64 bits per heavy atom. The van der Waals surface area contributed by atoms with Crippen molar-refractivity contribution in [2.24, 2.45) is 5.92 Å². The highest BCUT2D eigenvalue weighted by atomic mass is 35.5. The number of hydrogen-bond donors (Lipinski definition) is 3. The zero-order valence-electron chi connectivity index (χ0n) is 15.9. The number of hydrogen-bond acceptors (Lipinski definition) is 3. The summed E-state index contributed by atoms with van der Waals surface area (Å²) in [7, 11) is 0. The van der Waals surface area contributed by atoms with E-state index in [9.17, 15) is 36.3 Å². The molecule has 0 aliphatic heterocycles. The normalized spacial score (nSPS) is 16.3. The van der Waals surface area contributed by atoms with E-state index in [4.69, 9.17) is 34.8 Å². The van der Waals surface area contributed by atoms with Crippen LogP contribution in [0.5, 0.6) is 0 Å². The lowest BCUT2D eigenvalue weighted by molar-refractivity contribution is -0.126. The smallest absolute Gasteiger partial charge is 0.315 e. The first-order chi connectivity index (χ1) is 15.3. The molecule has 3 N–H and O–H groups in total. The van der Waals surface area contributed by atoms with Crippen LogP contribution in [0.15, 0.2) is 24.3 Å². The molecule has 2 aromatic carbocycles. The molecular formula is C19H11Cl3F5N3O3. The molecule has 0 saturated heterocycles. The maximum Gasteiger partial charge on any atom is 0.315 e. The molecule has 176 valence electrons. The minimum Gasteiger partial charge on any atom is -0.326 e. The van der Waals surface area contributed by atoms with E-state index in [2.05, 4.69) is 5.32 Å². The number of anilines is 3. The molecule has 14 heteroatoms. The lowest BCUT2D eigenvalue weighted by atomic mass is 10.1. The molecule has 6 nitrogen and oxygen atoms in total. The van der Waals surface area contributed by atoms with Crippen molar-refractivity contribution >= 4 is 69.6 Å². The van der Waals surface area contributed by atoms with Gasteiger partial charge in [-0.3, -0.25) is 14.4 Å². The van der Waals surface area contributed by atoms with E-state index in [1.54, 1.807) is 0 Å². The van der Waals surface area contributed by atoms with Gasteiger partial charge in [0.1, 0.15) is 21.7 Å². The number of amides is 3. The Morgan fingerprint density at radius 1 is 1.00 bits per heavy atom. The Hall–Kier alpha value is -2.63. The highest BCUT2D eigenvalue weighted by Gasteiger charge is 2.56. The van der Waals surface area contributed by atoms with Gasteiger partial charge in [-0.25, -0.2) is 13.2 Å². The maximum absolute atomic E-state index is 14.5. The summed E-state index contributed by atoms with van der Waals surface area (Å²) in [4.78, 5) is 35.7. The van der Waals surface area contributed by atoms with Crippen molar-refractivity contribution in [1.82, 2.24) is 0 Å². The molecule has 33 heavy (non-hydrogen) atoms. The minimum atomic E-state index is -3.56. The molecular weight excluding hydrogens is 520 g/mol. The van der Waals surface area contributed by atoms with E-state index in [0.29, 0.717) is 6.07 Å². The lowest BCUT2D eigenvalue weighted by Crippen LogP contribution is -2.22. The van der Waals surface area contributed by atoms with E-state index in [0.717, 1.165) is 18.2 Å². The third-order valence-corrected chi connectivity index (χ3v) is 5.69. The van der Waals surface area contributed by atoms with Crippen LogP contribution in [-0.2, 0) is 9.59 Å². The molecule has 2 aromatic rings. The van der Waals surface area contributed by atoms with Gasteiger partial charge in [-0.15, -0.1) is 23.2 Å². The molecule has 3 rings (SSSR count). The largest absolute Gasteiger partial charge is 0.326 e. The van der Waals surface area contributed by atoms with Crippen LogP contribution in [-0.4, -0.2) is 28.5 Å². The summed E-state index contributed by atoms with van der Waals surface area (Å²) >= 11 is 17.4. The number of halogens is 8. The van der Waals surface area contributed by atoms with E-state index in [1.165, 1.54) is 5.32 Å². The summed E-state index contributed by atoms with van der Waals surface area (Å²) in [6.07, 6.45) is -3.39. The molecule has 1 atom stereocenters. The first kappa shape index (κ1) is 25.0. The van der Waals surface area contributed by atoms with Crippen molar-refractivity contribution in [3.63, 3.8) is 0 Å². The van der Waals surface area contributed by atoms with Crippen molar-refractivity contribution in [2.45, 2.75) is 17.2 Å². The van der Waals surface area contributed by atoms with E-state index in [-0.39, 0.29) is 12.1 Å². The van der Waals surface area contributed by atoms with Gasteiger partial charge in [-0.2, -0.15) is 8.78 Å². The zero-order valence-corrected chi connectivity index (χ0v) is 18.2. The number of benzene rings is 2. The van der Waals surface area contributed by atoms with Crippen molar-refractivity contribution in [2.75, 3.05) is 16.0 Å². The van der Waals surface area contributed by atoms with Gasteiger partial charge >= 0.3 is 6.43 Å². The molecule has 1 aliphatic rings. The summed E-state index contributed by atoms with van der Waals surface area (Å²) in [5.41, 5.74) is -2.70. The van der Waals surface area contributed by atoms with Gasteiger partial charge in [0, 0.05) is 5.69 Å². The fourth-order valence-corrected chi connectivity index (χ4v) is 3.39. The van der Waals surface area contributed by atoms with Gasteiger partial charge in [0.2, 0.25) is 5.91 Å². The topological polar surface area (TPSA) is 87.3 Å². The number of carbonyl (C=O) groups excluding carboxylic acids is 3. The number of rotatable bonds is 6. The summed E-state index contributed by atoms with van der Waals surface area (Å²) in [6, 6.07) is 3.13. The van der Waals surface area contributed by atoms with Crippen LogP contribution in [0.3, 0.4) is 0 Å². The Labute approximate surface area is 197 Å². The van der Waals surface area contributed by atoms with Gasteiger partial charge in [-0.1, -0.05) is 11.6 Å². The Morgan fingerprint density at radius 3 is 2.21 bits per heavy atom. The predicted molar refractivity (Wildman–Crippen MR) is 112 cm³/mol. The number of carbonyl (C=O) groups is 3. The van der Waals surface area contributed by atoms with E-state index >= 15 is 0 Å². The van der Waals surface area contributed by atoms with Crippen LogP contribution in [0.1, 0.15) is 16.8 Å². The number of nitrogens with one attached hydrogen (secondary N) is 3. The zero-order chi connectivity index (χ0) is 24.7. The SMILES string of the molecule is O=C(Nc1ccc(F)c(NC(=O)C(F)F)c1F)c1cc(NC(=O)[C@H]2CC2(Cl)Cl)cc(F)c1Cl. The summed E-state index contributed by atoms with van der Waals surface area (Å²) in [5, 5.41) is 4.96. The Bertz CT molecular complexity index is 1160. The average Bonchev–Trinajstić information content (AvgIpc) is 3.37. The van der Waals surface area contributed by atoms with Gasteiger partial charge < -0.3 is 16.0 Å². The Kier molecular flexibility index (Phi) is 7.06. The van der Waals surface area contributed by atoms with Crippen LogP contribution in [0.25, 0.3) is 0 Å². The van der Waals surface area contributed by atoms with Crippen molar-refractivity contribution in [3.8, 4) is 0 Å². The van der Waals surface area contributed by atoms with E-state index < -0.39 is 73.8 Å². The summed E-state index contributed by atoms with van der Waals surface area (Å²) in [6.45, 7) is 0. The number of alkyl halides is 4. The molecule has 0 unspecified atom stereocenters. The lowest BCUT2D eigenvalue weighted by Gasteiger charge is -2.13. The molecule has 1 aliphatic carbocycles. The first-order valence-electron chi connectivity index (χ1n) is 8.88. The third kappa shape index (κ3) is 5.48. The summed E-state index contributed by atoms with van der Waals surface area (Å²) < 4.78 is 66.1. The van der Waals surface area contributed by atoms with Crippen LogP contribution in [0.4, 0.5) is 39.0 Å². The van der Waals surface area contributed by atoms with Crippen molar-refractivity contribution in [3.05, 3.63) is 52.3 Å². The van der Waals surface area contributed by atoms with Crippen molar-refractivity contribution < 1.29 is 36.3 Å². The third-order valence-electron chi connectivity index (χ3n) is 4.47. The Balaban J connectivity index is 1.85. The van der Waals surface area contributed by atoms with E-state index in [1.807, 2.05) is 5.32 Å². The minimum absolute atomic E-state index is 0.166. The fraction of sp³-hybridized carbons (Fsp3) is 0.211. The molecule has 0 bridgehead atoms. The predicted octanol–water partition coefficient (Wildman–Crippen LogP) is 5.35. The van der Waals surface area contributed by atoms with Gasteiger partial charge in [0.25, 0.3) is 11.8 Å². The second-order valence-corrected chi connectivity index (χ2v) is 8.77. The molecule has 1 fully saturated rings. The highest BCUT2D eigenvalue weighted by molar-refractivity contribution is 6.52. The molecule has 1 saturated carbocycles. The summed E-state index contributed by atoms with van der Waals surface area (Å²) in [5.74, 6) is -8.64. The van der Waals surface area contributed by atoms with Crippen LogP contribution in [0.2, 0.25) is 5.02 Å². The highest BCUT2D eigenvalue weighted by Crippen LogP contribution is 2.53. The fourth-order valence-electron chi connectivity index (χ4n) is 2.68.